The lowest BCUT2D eigenvalue weighted by Crippen LogP contribution is -2.37. The van der Waals surface area contributed by atoms with Gasteiger partial charge in [-0.2, -0.15) is 0 Å². The molecule has 0 bridgehead atoms. The first-order valence-corrected chi connectivity index (χ1v) is 7.45. The van der Waals surface area contributed by atoms with Crippen LogP contribution in [0.5, 0.6) is 0 Å². The molecule has 0 aliphatic carbocycles. The number of hydrogen-bond donors (Lipinski definition) is 2. The maximum Gasteiger partial charge on any atom is 0.266 e. The fourth-order valence-electron chi connectivity index (χ4n) is 1.95. The number of aromatic amines is 1. The standard InChI is InChI=1S/C15H19N3O3S/c1-9(2)13(19)16-6-7-18(3)14(20)10-4-5-11-12(8-10)21-15(22)17-11/h4-5,8-9H,6-7H2,1-3H3,(H,16,19)(H,17,22). The third-order valence-corrected chi connectivity index (χ3v) is 3.47. The summed E-state index contributed by atoms with van der Waals surface area (Å²) in [4.78, 5) is 28.5. The summed E-state index contributed by atoms with van der Waals surface area (Å²) < 4.78 is 5.31. The summed E-state index contributed by atoms with van der Waals surface area (Å²) in [6, 6.07) is 5.14. The fraction of sp³-hybridized carbons (Fsp3) is 0.400. The molecule has 2 N–H and O–H groups in total. The van der Waals surface area contributed by atoms with Crippen molar-refractivity contribution in [3.63, 3.8) is 0 Å². The molecule has 118 valence electrons. The van der Waals surface area contributed by atoms with Gasteiger partial charge in [-0.05, 0) is 30.4 Å². The zero-order chi connectivity index (χ0) is 16.3. The van der Waals surface area contributed by atoms with Gasteiger partial charge in [-0.3, -0.25) is 9.59 Å². The summed E-state index contributed by atoms with van der Waals surface area (Å²) in [6.45, 7) is 4.51. The van der Waals surface area contributed by atoms with Gasteiger partial charge in [-0.1, -0.05) is 13.8 Å². The minimum atomic E-state index is -0.136. The van der Waals surface area contributed by atoms with Gasteiger partial charge >= 0.3 is 0 Å². The third kappa shape index (κ3) is 3.73. The average Bonchev–Trinajstić information content (AvgIpc) is 2.84. The van der Waals surface area contributed by atoms with E-state index in [-0.39, 0.29) is 22.6 Å². The van der Waals surface area contributed by atoms with E-state index in [1.54, 1.807) is 30.1 Å². The Morgan fingerprint density at radius 3 is 2.82 bits per heavy atom. The van der Waals surface area contributed by atoms with Crippen molar-refractivity contribution in [1.82, 2.24) is 15.2 Å². The molecule has 0 atom stereocenters. The number of carbonyl (C=O) groups excluding carboxylic acids is 2. The number of hydrogen-bond acceptors (Lipinski definition) is 4. The van der Waals surface area contributed by atoms with Crippen LogP contribution in [0.3, 0.4) is 0 Å². The van der Waals surface area contributed by atoms with E-state index in [0.29, 0.717) is 24.2 Å². The van der Waals surface area contributed by atoms with Gasteiger partial charge in [0.15, 0.2) is 5.58 Å². The van der Waals surface area contributed by atoms with Gasteiger partial charge in [-0.15, -0.1) is 0 Å². The minimum Gasteiger partial charge on any atom is -0.429 e. The lowest BCUT2D eigenvalue weighted by atomic mass is 10.2. The Kier molecular flexibility index (Phi) is 4.97. The molecule has 0 aliphatic rings. The molecule has 0 saturated heterocycles. The van der Waals surface area contributed by atoms with Gasteiger partial charge in [0, 0.05) is 31.6 Å². The number of nitrogens with zero attached hydrogens (tertiary/aromatic N) is 1. The minimum absolute atomic E-state index is 0.0219. The zero-order valence-electron chi connectivity index (χ0n) is 12.8. The summed E-state index contributed by atoms with van der Waals surface area (Å²) in [5, 5.41) is 2.78. The van der Waals surface area contributed by atoms with Crippen LogP contribution in [0.4, 0.5) is 0 Å². The Morgan fingerprint density at radius 2 is 2.14 bits per heavy atom. The van der Waals surface area contributed by atoms with Gasteiger partial charge < -0.3 is 19.6 Å². The predicted octanol–water partition coefficient (Wildman–Crippen LogP) is 2.33. The highest BCUT2D eigenvalue weighted by atomic mass is 32.1. The monoisotopic (exact) mass is 321 g/mol. The molecule has 2 amide bonds. The van der Waals surface area contributed by atoms with Crippen LogP contribution in [0.25, 0.3) is 11.1 Å². The lowest BCUT2D eigenvalue weighted by Gasteiger charge is -2.18. The first kappa shape index (κ1) is 16.2. The summed E-state index contributed by atoms with van der Waals surface area (Å²) >= 11 is 4.92. The van der Waals surface area contributed by atoms with Crippen molar-refractivity contribution in [2.24, 2.45) is 5.92 Å². The van der Waals surface area contributed by atoms with Crippen molar-refractivity contribution in [2.45, 2.75) is 13.8 Å². The molecule has 0 spiro atoms. The average molecular weight is 321 g/mol. The van der Waals surface area contributed by atoms with Crippen LogP contribution < -0.4 is 5.32 Å². The topological polar surface area (TPSA) is 78.3 Å². The molecule has 0 fully saturated rings. The predicted molar refractivity (Wildman–Crippen MR) is 86.2 cm³/mol. The Balaban J connectivity index is 1.99. The van der Waals surface area contributed by atoms with Crippen LogP contribution in [0, 0.1) is 10.8 Å². The number of nitrogens with one attached hydrogen (secondary N) is 2. The molecule has 22 heavy (non-hydrogen) atoms. The van der Waals surface area contributed by atoms with E-state index < -0.39 is 0 Å². The molecule has 0 saturated carbocycles. The maximum atomic E-state index is 12.3. The second-order valence-corrected chi connectivity index (χ2v) is 5.77. The van der Waals surface area contributed by atoms with Gasteiger partial charge in [0.1, 0.15) is 0 Å². The quantitative estimate of drug-likeness (QED) is 0.829. The number of rotatable bonds is 5. The van der Waals surface area contributed by atoms with Gasteiger partial charge in [-0.25, -0.2) is 0 Å². The second kappa shape index (κ2) is 6.74. The van der Waals surface area contributed by atoms with Crippen molar-refractivity contribution in [1.29, 1.82) is 0 Å². The third-order valence-electron chi connectivity index (χ3n) is 3.29. The molecule has 2 rings (SSSR count). The number of carbonyl (C=O) groups is 2. The van der Waals surface area contributed by atoms with Crippen molar-refractivity contribution in [2.75, 3.05) is 20.1 Å². The van der Waals surface area contributed by atoms with Crippen molar-refractivity contribution in [3.05, 3.63) is 28.6 Å². The number of fused-ring (bicyclic) bond motifs is 1. The lowest BCUT2D eigenvalue weighted by molar-refractivity contribution is -0.124. The number of amides is 2. The van der Waals surface area contributed by atoms with Gasteiger partial charge in [0.2, 0.25) is 5.91 Å². The summed E-state index contributed by atoms with van der Waals surface area (Å²) in [7, 11) is 1.70. The van der Waals surface area contributed by atoms with Crippen molar-refractivity contribution in [3.8, 4) is 0 Å². The molecule has 1 aromatic carbocycles. The zero-order valence-corrected chi connectivity index (χ0v) is 13.6. The number of benzene rings is 1. The molecular formula is C15H19N3O3S. The van der Waals surface area contributed by atoms with E-state index in [9.17, 15) is 9.59 Å². The number of oxazole rings is 1. The van der Waals surface area contributed by atoms with Crippen molar-refractivity contribution < 1.29 is 14.0 Å². The van der Waals surface area contributed by atoms with Crippen LogP contribution in [-0.2, 0) is 4.79 Å². The number of H-pyrrole nitrogens is 1. The molecule has 2 aromatic rings. The Labute approximate surface area is 133 Å². The van der Waals surface area contributed by atoms with Crippen LogP contribution in [0.15, 0.2) is 22.6 Å². The van der Waals surface area contributed by atoms with Crippen LogP contribution in [0.1, 0.15) is 24.2 Å². The summed E-state index contributed by atoms with van der Waals surface area (Å²) in [5.74, 6) is -0.222. The Bertz CT molecular complexity index is 748. The highest BCUT2D eigenvalue weighted by Crippen LogP contribution is 2.16. The van der Waals surface area contributed by atoms with E-state index >= 15 is 0 Å². The smallest absolute Gasteiger partial charge is 0.266 e. The maximum absolute atomic E-state index is 12.3. The van der Waals surface area contributed by atoms with E-state index in [2.05, 4.69) is 10.3 Å². The molecule has 7 heteroatoms. The first-order valence-electron chi connectivity index (χ1n) is 7.04. The van der Waals surface area contributed by atoms with E-state index in [4.69, 9.17) is 16.6 Å². The normalized spacial score (nSPS) is 10.9. The highest BCUT2D eigenvalue weighted by Gasteiger charge is 2.14. The second-order valence-electron chi connectivity index (χ2n) is 5.40. The van der Waals surface area contributed by atoms with E-state index in [0.717, 1.165) is 5.52 Å². The Morgan fingerprint density at radius 1 is 1.41 bits per heavy atom. The number of aromatic nitrogens is 1. The molecule has 0 radical (unpaired) electrons. The van der Waals surface area contributed by atoms with Crippen LogP contribution in [-0.4, -0.2) is 41.8 Å². The molecule has 6 nitrogen and oxygen atoms in total. The molecule has 1 aromatic heterocycles. The molecular weight excluding hydrogens is 302 g/mol. The highest BCUT2D eigenvalue weighted by molar-refractivity contribution is 7.71. The van der Waals surface area contributed by atoms with Crippen LogP contribution >= 0.6 is 12.2 Å². The first-order chi connectivity index (χ1) is 10.4. The largest absolute Gasteiger partial charge is 0.429 e. The van der Waals surface area contributed by atoms with E-state index in [1.807, 2.05) is 13.8 Å². The summed E-state index contributed by atoms with van der Waals surface area (Å²) in [6.07, 6.45) is 0. The SMILES string of the molecule is CC(C)C(=O)NCCN(C)C(=O)c1ccc2[nH]c(=S)oc2c1. The van der Waals surface area contributed by atoms with Gasteiger partial charge in [0.25, 0.3) is 10.7 Å². The fourth-order valence-corrected chi connectivity index (χ4v) is 2.15. The Hall–Kier alpha value is -2.15. The number of likely N-dealkylation sites (N-methyl/N-ethyl adjacent to an activating group) is 1. The van der Waals surface area contributed by atoms with Gasteiger partial charge in [0.05, 0.1) is 5.52 Å². The van der Waals surface area contributed by atoms with Crippen LogP contribution in [0.2, 0.25) is 0 Å². The molecule has 0 unspecified atom stereocenters. The van der Waals surface area contributed by atoms with Crippen molar-refractivity contribution >= 4 is 35.1 Å². The summed E-state index contributed by atoms with van der Waals surface area (Å²) in [5.41, 5.74) is 1.83. The van der Waals surface area contributed by atoms with E-state index in [1.165, 1.54) is 0 Å². The molecule has 1 heterocycles. The molecule has 0 aliphatic heterocycles.